The van der Waals surface area contributed by atoms with Gasteiger partial charge in [0.2, 0.25) is 0 Å². The monoisotopic (exact) mass is 338 g/mol. The van der Waals surface area contributed by atoms with E-state index in [1.54, 1.807) is 17.4 Å². The Morgan fingerprint density at radius 2 is 1.90 bits per heavy atom. The molecule has 0 aliphatic carbocycles. The third kappa shape index (κ3) is 2.79. The summed E-state index contributed by atoms with van der Waals surface area (Å²) in [5.41, 5.74) is 0.628. The van der Waals surface area contributed by atoms with Crippen molar-refractivity contribution in [1.82, 2.24) is 9.97 Å². The molecule has 0 saturated carbocycles. The number of aromatic nitrogens is 2. The number of fused-ring (bicyclic) bond motifs is 1. The summed E-state index contributed by atoms with van der Waals surface area (Å²) < 4.78 is 23.2. The predicted molar refractivity (Wildman–Crippen MR) is 85.7 cm³/mol. The second kappa shape index (κ2) is 5.05. The van der Waals surface area contributed by atoms with Gasteiger partial charge in [0.05, 0.1) is 15.3 Å². The van der Waals surface area contributed by atoms with Crippen molar-refractivity contribution in [3.05, 3.63) is 40.4 Å². The summed E-state index contributed by atoms with van der Waals surface area (Å²) >= 11 is 7.79. The third-order valence-electron chi connectivity index (χ3n) is 3.01. The van der Waals surface area contributed by atoms with Crippen molar-refractivity contribution in [2.24, 2.45) is 0 Å². The van der Waals surface area contributed by atoms with Crippen molar-refractivity contribution >= 4 is 43.7 Å². The molecular formula is C14H11ClN2O2S2. The van der Waals surface area contributed by atoms with Crippen molar-refractivity contribution in [2.45, 2.75) is 11.8 Å². The molecule has 0 bridgehead atoms. The first-order valence-electron chi connectivity index (χ1n) is 6.09. The molecule has 21 heavy (non-hydrogen) atoms. The van der Waals surface area contributed by atoms with Crippen LogP contribution in [0.4, 0.5) is 0 Å². The highest BCUT2D eigenvalue weighted by Gasteiger charge is 2.13. The van der Waals surface area contributed by atoms with Crippen molar-refractivity contribution in [2.75, 3.05) is 6.26 Å². The van der Waals surface area contributed by atoms with E-state index in [-0.39, 0.29) is 10.0 Å². The van der Waals surface area contributed by atoms with E-state index in [0.717, 1.165) is 16.0 Å². The van der Waals surface area contributed by atoms with Gasteiger partial charge in [-0.05, 0) is 37.3 Å². The van der Waals surface area contributed by atoms with Crippen LogP contribution >= 0.6 is 22.9 Å². The number of halogens is 1. The van der Waals surface area contributed by atoms with E-state index in [1.807, 2.05) is 19.1 Å². The lowest BCUT2D eigenvalue weighted by Gasteiger charge is -2.05. The molecule has 0 fully saturated rings. The SMILES string of the molecule is Cc1ccc(-c2nc(Cl)c3cc(S(C)(=O)=O)ccc3n2)s1. The molecule has 2 aromatic heterocycles. The number of benzene rings is 1. The zero-order valence-electron chi connectivity index (χ0n) is 11.3. The fraction of sp³-hybridized carbons (Fsp3) is 0.143. The average Bonchev–Trinajstić information content (AvgIpc) is 2.84. The third-order valence-corrected chi connectivity index (χ3v) is 5.40. The zero-order chi connectivity index (χ0) is 15.2. The quantitative estimate of drug-likeness (QED) is 0.668. The van der Waals surface area contributed by atoms with E-state index >= 15 is 0 Å². The highest BCUT2D eigenvalue weighted by Crippen LogP contribution is 2.30. The van der Waals surface area contributed by atoms with Crippen molar-refractivity contribution in [3.63, 3.8) is 0 Å². The number of aryl methyl sites for hydroxylation is 1. The van der Waals surface area contributed by atoms with Crippen LogP contribution in [0.5, 0.6) is 0 Å². The lowest BCUT2D eigenvalue weighted by atomic mass is 10.2. The number of hydrogen-bond acceptors (Lipinski definition) is 5. The zero-order valence-corrected chi connectivity index (χ0v) is 13.7. The Bertz CT molecular complexity index is 949. The maximum absolute atomic E-state index is 11.6. The topological polar surface area (TPSA) is 59.9 Å². The summed E-state index contributed by atoms with van der Waals surface area (Å²) in [6.07, 6.45) is 1.16. The van der Waals surface area contributed by atoms with Crippen molar-refractivity contribution < 1.29 is 8.42 Å². The van der Waals surface area contributed by atoms with Gasteiger partial charge in [0.1, 0.15) is 5.15 Å². The van der Waals surface area contributed by atoms with Gasteiger partial charge in [0.15, 0.2) is 15.7 Å². The summed E-state index contributed by atoms with van der Waals surface area (Å²) in [4.78, 5) is 11.0. The number of rotatable bonds is 2. The second-order valence-corrected chi connectivity index (χ2v) is 8.36. The largest absolute Gasteiger partial charge is 0.227 e. The minimum absolute atomic E-state index is 0.209. The first kappa shape index (κ1) is 14.4. The van der Waals surface area contributed by atoms with Crippen LogP contribution in [-0.2, 0) is 9.84 Å². The molecule has 0 aliphatic heterocycles. The molecule has 0 saturated heterocycles. The van der Waals surface area contributed by atoms with Gasteiger partial charge in [0.25, 0.3) is 0 Å². The summed E-state index contributed by atoms with van der Waals surface area (Å²) in [5, 5.41) is 0.795. The van der Waals surface area contributed by atoms with Crippen LogP contribution in [0.15, 0.2) is 35.2 Å². The predicted octanol–water partition coefficient (Wildman–Crippen LogP) is 3.72. The van der Waals surface area contributed by atoms with Crippen molar-refractivity contribution in [1.29, 1.82) is 0 Å². The van der Waals surface area contributed by atoms with E-state index in [4.69, 9.17) is 11.6 Å². The molecule has 108 valence electrons. The van der Waals surface area contributed by atoms with E-state index in [9.17, 15) is 8.42 Å². The first-order valence-corrected chi connectivity index (χ1v) is 9.17. The number of hydrogen-bond donors (Lipinski definition) is 0. The minimum Gasteiger partial charge on any atom is -0.227 e. The summed E-state index contributed by atoms with van der Waals surface area (Å²) in [7, 11) is -3.28. The highest BCUT2D eigenvalue weighted by atomic mass is 35.5. The van der Waals surface area contributed by atoms with Gasteiger partial charge in [-0.1, -0.05) is 11.6 Å². The molecule has 2 heterocycles. The van der Waals surface area contributed by atoms with E-state index in [1.165, 1.54) is 12.1 Å². The molecule has 0 radical (unpaired) electrons. The number of nitrogens with zero attached hydrogens (tertiary/aromatic N) is 2. The fourth-order valence-electron chi connectivity index (χ4n) is 1.97. The molecule has 0 atom stereocenters. The number of sulfone groups is 1. The molecule has 4 nitrogen and oxygen atoms in total. The van der Waals surface area contributed by atoms with Gasteiger partial charge >= 0.3 is 0 Å². The number of thiophene rings is 1. The Kier molecular flexibility index (Phi) is 3.47. The molecule has 7 heteroatoms. The van der Waals surface area contributed by atoms with Crippen LogP contribution < -0.4 is 0 Å². The molecule has 0 aliphatic rings. The molecule has 0 amide bonds. The highest BCUT2D eigenvalue weighted by molar-refractivity contribution is 7.90. The Hall–Kier alpha value is -1.50. The maximum Gasteiger partial charge on any atom is 0.175 e. The fourth-order valence-corrected chi connectivity index (χ4v) is 3.65. The Morgan fingerprint density at radius 1 is 1.14 bits per heavy atom. The van der Waals surface area contributed by atoms with Crippen LogP contribution in [0.2, 0.25) is 5.15 Å². The summed E-state index contributed by atoms with van der Waals surface area (Å²) in [5.74, 6) is 0.553. The van der Waals surface area contributed by atoms with Gasteiger partial charge in [-0.2, -0.15) is 0 Å². The Morgan fingerprint density at radius 3 is 2.52 bits per heavy atom. The summed E-state index contributed by atoms with van der Waals surface area (Å²) in [6.45, 7) is 2.01. The Balaban J connectivity index is 2.22. The van der Waals surface area contributed by atoms with Crippen molar-refractivity contribution in [3.8, 4) is 10.7 Å². The molecule has 1 aromatic carbocycles. The normalized spacial score (nSPS) is 12.0. The van der Waals surface area contributed by atoms with E-state index in [2.05, 4.69) is 9.97 Å². The molecule has 0 N–H and O–H groups in total. The lowest BCUT2D eigenvalue weighted by Crippen LogP contribution is -1.98. The smallest absolute Gasteiger partial charge is 0.175 e. The first-order chi connectivity index (χ1) is 9.84. The lowest BCUT2D eigenvalue weighted by molar-refractivity contribution is 0.602. The van der Waals surface area contributed by atoms with Crippen LogP contribution in [0, 0.1) is 6.92 Å². The average molecular weight is 339 g/mol. The van der Waals surface area contributed by atoms with Crippen LogP contribution in [-0.4, -0.2) is 24.6 Å². The van der Waals surface area contributed by atoms with Gasteiger partial charge in [-0.3, -0.25) is 0 Å². The van der Waals surface area contributed by atoms with E-state index < -0.39 is 9.84 Å². The van der Waals surface area contributed by atoms with Crippen LogP contribution in [0.1, 0.15) is 4.88 Å². The van der Waals surface area contributed by atoms with E-state index in [0.29, 0.717) is 16.7 Å². The van der Waals surface area contributed by atoms with Gasteiger partial charge < -0.3 is 0 Å². The molecule has 0 unspecified atom stereocenters. The molecule has 3 aromatic rings. The maximum atomic E-state index is 11.6. The molecule has 3 rings (SSSR count). The standard InChI is InChI=1S/C14H11ClN2O2S2/c1-8-3-6-12(20-8)14-16-11-5-4-9(21(2,18)19)7-10(11)13(15)17-14/h3-7H,1-2H3. The minimum atomic E-state index is -3.28. The van der Waals surface area contributed by atoms with Gasteiger partial charge in [0, 0.05) is 16.5 Å². The molecular weight excluding hydrogens is 328 g/mol. The van der Waals surface area contributed by atoms with Crippen LogP contribution in [0.3, 0.4) is 0 Å². The van der Waals surface area contributed by atoms with Crippen LogP contribution in [0.25, 0.3) is 21.6 Å². The van der Waals surface area contributed by atoms with Gasteiger partial charge in [-0.15, -0.1) is 11.3 Å². The molecule has 0 spiro atoms. The van der Waals surface area contributed by atoms with Gasteiger partial charge in [-0.25, -0.2) is 18.4 Å². The Labute approximate surface area is 131 Å². The second-order valence-electron chi connectivity index (χ2n) is 4.70. The summed E-state index contributed by atoms with van der Waals surface area (Å²) in [6, 6.07) is 8.64.